The Balaban J connectivity index is 1.94. The third-order valence-electron chi connectivity index (χ3n) is 5.52. The van der Waals surface area contributed by atoms with E-state index in [2.05, 4.69) is 5.10 Å². The van der Waals surface area contributed by atoms with Gasteiger partial charge >= 0.3 is 7.12 Å². The first-order valence-corrected chi connectivity index (χ1v) is 8.94. The van der Waals surface area contributed by atoms with Crippen LogP contribution in [0.4, 0.5) is 8.78 Å². The molecule has 1 aromatic carbocycles. The molecule has 0 atom stereocenters. The summed E-state index contributed by atoms with van der Waals surface area (Å²) >= 11 is 0. The van der Waals surface area contributed by atoms with E-state index < -0.39 is 30.0 Å². The van der Waals surface area contributed by atoms with Crippen LogP contribution in [0.25, 0.3) is 11.1 Å². The minimum atomic E-state index is -0.963. The lowest BCUT2D eigenvalue weighted by atomic mass is 9.78. The zero-order chi connectivity index (χ0) is 20.0. The fraction of sp³-hybridized carbons (Fsp3) is 0.526. The number of halogens is 2. The Morgan fingerprint density at radius 2 is 1.70 bits per heavy atom. The zero-order valence-electron chi connectivity index (χ0n) is 16.6. The van der Waals surface area contributed by atoms with Gasteiger partial charge in [-0.2, -0.15) is 5.10 Å². The Bertz CT molecular complexity index is 836. The summed E-state index contributed by atoms with van der Waals surface area (Å²) in [6.07, 6.45) is 1.54. The summed E-state index contributed by atoms with van der Waals surface area (Å²) in [7, 11) is 0.646. The van der Waals surface area contributed by atoms with Crippen LogP contribution in [0.2, 0.25) is 0 Å². The summed E-state index contributed by atoms with van der Waals surface area (Å²) in [5, 5.41) is 4.24. The first kappa shape index (κ1) is 20.0. The molecular weight excluding hydrogens is 353 g/mol. The molecule has 5 nitrogen and oxygen atoms in total. The quantitative estimate of drug-likeness (QED) is 0.751. The van der Waals surface area contributed by atoms with Gasteiger partial charge in [-0.3, -0.25) is 4.68 Å². The standard InChI is InChI=1S/C19H25BF2N2O3/c1-12-14(11-23-24(12)9-10-25-6)13-7-8-15(17(22)16(13)21)20-26-18(2,3)19(4,5)27-20/h7-8,11H,9-10H2,1-6H3. The Morgan fingerprint density at radius 1 is 1.07 bits per heavy atom. The lowest BCUT2D eigenvalue weighted by molar-refractivity contribution is 0.00578. The van der Waals surface area contributed by atoms with E-state index in [0.717, 1.165) is 5.69 Å². The third-order valence-corrected chi connectivity index (χ3v) is 5.52. The minimum absolute atomic E-state index is 0.0549. The smallest absolute Gasteiger partial charge is 0.399 e. The van der Waals surface area contributed by atoms with Gasteiger partial charge in [-0.05, 0) is 34.6 Å². The first-order valence-electron chi connectivity index (χ1n) is 8.94. The molecule has 0 bridgehead atoms. The van der Waals surface area contributed by atoms with E-state index in [-0.39, 0.29) is 11.0 Å². The van der Waals surface area contributed by atoms with Gasteiger partial charge in [0.15, 0.2) is 11.6 Å². The second-order valence-electron chi connectivity index (χ2n) is 7.78. The second kappa shape index (κ2) is 7.00. The molecule has 0 radical (unpaired) electrons. The van der Waals surface area contributed by atoms with Crippen LogP contribution < -0.4 is 5.46 Å². The van der Waals surface area contributed by atoms with Crippen LogP contribution in [0.3, 0.4) is 0 Å². The van der Waals surface area contributed by atoms with Gasteiger partial charge in [0, 0.05) is 29.4 Å². The SMILES string of the molecule is COCCn1ncc(-c2ccc(B3OC(C)(C)C(C)(C)O3)c(F)c2F)c1C. The number of benzene rings is 1. The molecule has 1 aliphatic rings. The van der Waals surface area contributed by atoms with Crippen molar-refractivity contribution in [1.82, 2.24) is 9.78 Å². The van der Waals surface area contributed by atoms with E-state index in [4.69, 9.17) is 14.0 Å². The normalized spacial score (nSPS) is 18.3. The molecule has 3 rings (SSSR count). The summed E-state index contributed by atoms with van der Waals surface area (Å²) in [4.78, 5) is 0. The number of ether oxygens (including phenoxy) is 1. The summed E-state index contributed by atoms with van der Waals surface area (Å²) in [6.45, 7) is 10.3. The molecule has 2 heterocycles. The molecule has 0 N–H and O–H groups in total. The van der Waals surface area contributed by atoms with Crippen molar-refractivity contribution >= 4 is 12.6 Å². The van der Waals surface area contributed by atoms with Crippen LogP contribution >= 0.6 is 0 Å². The summed E-state index contributed by atoms with van der Waals surface area (Å²) in [5.74, 6) is -1.90. The van der Waals surface area contributed by atoms with E-state index in [1.807, 2.05) is 34.6 Å². The number of aromatic nitrogens is 2. The van der Waals surface area contributed by atoms with Crippen LogP contribution in [0.1, 0.15) is 33.4 Å². The number of rotatable bonds is 5. The Labute approximate surface area is 158 Å². The van der Waals surface area contributed by atoms with Crippen molar-refractivity contribution in [1.29, 1.82) is 0 Å². The van der Waals surface area contributed by atoms with E-state index in [1.54, 1.807) is 17.9 Å². The van der Waals surface area contributed by atoms with E-state index in [1.165, 1.54) is 12.3 Å². The van der Waals surface area contributed by atoms with Crippen molar-refractivity contribution in [2.24, 2.45) is 0 Å². The van der Waals surface area contributed by atoms with E-state index >= 15 is 0 Å². The highest BCUT2D eigenvalue weighted by Crippen LogP contribution is 2.37. The summed E-state index contributed by atoms with van der Waals surface area (Å²) < 4.78 is 48.2. The van der Waals surface area contributed by atoms with Crippen molar-refractivity contribution in [3.8, 4) is 11.1 Å². The molecule has 0 saturated carbocycles. The molecule has 0 aliphatic carbocycles. The van der Waals surface area contributed by atoms with Crippen LogP contribution in [0, 0.1) is 18.6 Å². The maximum atomic E-state index is 14.9. The molecule has 146 valence electrons. The van der Waals surface area contributed by atoms with Gasteiger partial charge in [0.1, 0.15) is 0 Å². The van der Waals surface area contributed by atoms with Gasteiger partial charge in [-0.25, -0.2) is 8.78 Å². The van der Waals surface area contributed by atoms with Gasteiger partial charge < -0.3 is 14.0 Å². The lowest BCUT2D eigenvalue weighted by Crippen LogP contribution is -2.41. The maximum absolute atomic E-state index is 14.9. The fourth-order valence-corrected chi connectivity index (χ4v) is 3.04. The second-order valence-corrected chi connectivity index (χ2v) is 7.78. The molecule has 2 aromatic rings. The first-order chi connectivity index (χ1) is 12.6. The predicted molar refractivity (Wildman–Crippen MR) is 99.9 cm³/mol. The predicted octanol–water partition coefficient (Wildman–Crippen LogP) is 3.08. The maximum Gasteiger partial charge on any atom is 0.497 e. The monoisotopic (exact) mass is 378 g/mol. The molecule has 8 heteroatoms. The Kier molecular flexibility index (Phi) is 5.18. The molecule has 0 amide bonds. The Hall–Kier alpha value is -1.77. The molecule has 0 spiro atoms. The highest BCUT2D eigenvalue weighted by Gasteiger charge is 2.52. The average Bonchev–Trinajstić information content (AvgIpc) is 3.04. The fourth-order valence-electron chi connectivity index (χ4n) is 3.04. The minimum Gasteiger partial charge on any atom is -0.399 e. The molecule has 1 aromatic heterocycles. The average molecular weight is 378 g/mol. The van der Waals surface area contributed by atoms with Crippen LogP contribution in [0.15, 0.2) is 18.3 Å². The largest absolute Gasteiger partial charge is 0.497 e. The number of hydrogen-bond acceptors (Lipinski definition) is 4. The lowest BCUT2D eigenvalue weighted by Gasteiger charge is -2.32. The third kappa shape index (κ3) is 3.41. The summed E-state index contributed by atoms with van der Waals surface area (Å²) in [6, 6.07) is 3.06. The zero-order valence-corrected chi connectivity index (χ0v) is 16.6. The van der Waals surface area contributed by atoms with Crippen molar-refractivity contribution in [3.05, 3.63) is 35.7 Å². The van der Waals surface area contributed by atoms with E-state index in [0.29, 0.717) is 18.7 Å². The molecule has 27 heavy (non-hydrogen) atoms. The van der Waals surface area contributed by atoms with Gasteiger partial charge in [0.05, 0.1) is 30.6 Å². The summed E-state index contributed by atoms with van der Waals surface area (Å²) in [5.41, 5.74) is 0.251. The molecule has 1 saturated heterocycles. The van der Waals surface area contributed by atoms with Crippen molar-refractivity contribution in [2.45, 2.75) is 52.4 Å². The highest BCUT2D eigenvalue weighted by molar-refractivity contribution is 6.62. The van der Waals surface area contributed by atoms with E-state index in [9.17, 15) is 8.78 Å². The van der Waals surface area contributed by atoms with Gasteiger partial charge in [-0.15, -0.1) is 0 Å². The van der Waals surface area contributed by atoms with Gasteiger partial charge in [0.25, 0.3) is 0 Å². The Morgan fingerprint density at radius 3 is 2.30 bits per heavy atom. The van der Waals surface area contributed by atoms with Crippen molar-refractivity contribution < 1.29 is 22.8 Å². The number of methoxy groups -OCH3 is 1. The van der Waals surface area contributed by atoms with Crippen LogP contribution in [-0.4, -0.2) is 41.8 Å². The topological polar surface area (TPSA) is 45.5 Å². The molecule has 1 aliphatic heterocycles. The number of nitrogens with zero attached hydrogens (tertiary/aromatic N) is 2. The highest BCUT2D eigenvalue weighted by atomic mass is 19.2. The van der Waals surface area contributed by atoms with Crippen molar-refractivity contribution in [3.63, 3.8) is 0 Å². The van der Waals surface area contributed by atoms with Gasteiger partial charge in [-0.1, -0.05) is 12.1 Å². The van der Waals surface area contributed by atoms with Crippen LogP contribution in [0.5, 0.6) is 0 Å². The molecule has 1 fully saturated rings. The van der Waals surface area contributed by atoms with Gasteiger partial charge in [0.2, 0.25) is 0 Å². The number of hydrogen-bond donors (Lipinski definition) is 0. The molecule has 0 unspecified atom stereocenters. The molecular formula is C19H25BF2N2O3. The van der Waals surface area contributed by atoms with Crippen LogP contribution in [-0.2, 0) is 20.6 Å². The van der Waals surface area contributed by atoms with Crippen molar-refractivity contribution in [2.75, 3.05) is 13.7 Å².